The van der Waals surface area contributed by atoms with Gasteiger partial charge in [0.15, 0.2) is 0 Å². The number of hydrogen-bond donors (Lipinski definition) is 0. The van der Waals surface area contributed by atoms with Gasteiger partial charge in [0.05, 0.1) is 0 Å². The third-order valence-corrected chi connectivity index (χ3v) is 7.49. The monoisotopic (exact) mass is 220 g/mol. The Morgan fingerprint density at radius 2 is 1.40 bits per heavy atom. The summed E-state index contributed by atoms with van der Waals surface area (Å²) in [6.07, 6.45) is 7.80. The summed E-state index contributed by atoms with van der Waals surface area (Å²) in [6.45, 7) is 4.44. The van der Waals surface area contributed by atoms with Crippen LogP contribution >= 0.6 is 0 Å². The van der Waals surface area contributed by atoms with E-state index >= 15 is 0 Å². The molecule has 2 aromatic rings. The van der Waals surface area contributed by atoms with Gasteiger partial charge >= 0.3 is 8.40 Å². The van der Waals surface area contributed by atoms with Crippen molar-refractivity contribution in [2.45, 2.75) is 25.9 Å². The summed E-state index contributed by atoms with van der Waals surface area (Å²) in [7, 11) is -1.78. The van der Waals surface area contributed by atoms with Crippen molar-refractivity contribution in [3.05, 3.63) is 36.9 Å². The van der Waals surface area contributed by atoms with Gasteiger partial charge in [0.25, 0.3) is 0 Å². The second kappa shape index (κ2) is 4.02. The second-order valence-electron chi connectivity index (χ2n) is 3.59. The predicted molar refractivity (Wildman–Crippen MR) is 62.0 cm³/mol. The molecule has 0 atom stereocenters. The molecule has 0 aromatic carbocycles. The zero-order valence-electron chi connectivity index (χ0n) is 9.17. The Morgan fingerprint density at radius 1 is 0.933 bits per heavy atom. The average Bonchev–Trinajstić information content (AvgIpc) is 2.92. The van der Waals surface area contributed by atoms with E-state index in [1.807, 2.05) is 24.5 Å². The van der Waals surface area contributed by atoms with Gasteiger partial charge in [-0.3, -0.25) is 8.69 Å². The van der Waals surface area contributed by atoms with E-state index in [1.54, 1.807) is 0 Å². The van der Waals surface area contributed by atoms with Crippen LogP contribution in [0, 0.1) is 0 Å². The molecule has 0 fully saturated rings. The predicted octanol–water partition coefficient (Wildman–Crippen LogP) is 1.96. The Hall–Kier alpha value is -1.36. The summed E-state index contributed by atoms with van der Waals surface area (Å²) >= 11 is 0. The SMILES string of the molecule is CC[Si](CC)(n1cccn1)n1cccn1. The Bertz CT molecular complexity index is 353. The van der Waals surface area contributed by atoms with Crippen LogP contribution in [0.4, 0.5) is 0 Å². The van der Waals surface area contributed by atoms with Crippen LogP contribution in [0.25, 0.3) is 0 Å². The molecule has 5 heteroatoms. The van der Waals surface area contributed by atoms with Crippen molar-refractivity contribution in [1.29, 1.82) is 0 Å². The standard InChI is InChI=1S/C10H16N4Si/c1-3-15(4-2,13-9-5-7-11-13)14-10-6-8-12-14/h5-10H,3-4H2,1-2H3. The van der Waals surface area contributed by atoms with Crippen LogP contribution in [0.3, 0.4) is 0 Å². The fraction of sp³-hybridized carbons (Fsp3) is 0.400. The van der Waals surface area contributed by atoms with Crippen molar-refractivity contribution < 1.29 is 0 Å². The Kier molecular flexibility index (Phi) is 2.72. The van der Waals surface area contributed by atoms with Gasteiger partial charge in [-0.25, -0.2) is 0 Å². The summed E-state index contributed by atoms with van der Waals surface area (Å²) in [5.41, 5.74) is 0. The fourth-order valence-electron chi connectivity index (χ4n) is 2.03. The molecule has 0 radical (unpaired) electrons. The van der Waals surface area contributed by atoms with E-state index in [9.17, 15) is 0 Å². The molecule has 0 amide bonds. The molecule has 0 unspecified atom stereocenters. The highest BCUT2D eigenvalue weighted by atomic mass is 28.3. The molecular weight excluding hydrogens is 204 g/mol. The molecule has 2 heterocycles. The van der Waals surface area contributed by atoms with Crippen LogP contribution in [-0.2, 0) is 0 Å². The third kappa shape index (κ3) is 1.52. The van der Waals surface area contributed by atoms with Crippen LogP contribution in [0.15, 0.2) is 36.9 Å². The van der Waals surface area contributed by atoms with Crippen molar-refractivity contribution in [3.63, 3.8) is 0 Å². The van der Waals surface area contributed by atoms with Gasteiger partial charge in [-0.15, -0.1) is 0 Å². The van der Waals surface area contributed by atoms with Gasteiger partial charge in [-0.2, -0.15) is 10.2 Å². The fourth-order valence-corrected chi connectivity index (χ4v) is 5.33. The molecule has 2 rings (SSSR count). The maximum atomic E-state index is 4.40. The third-order valence-electron chi connectivity index (χ3n) is 2.99. The van der Waals surface area contributed by atoms with Gasteiger partial charge in [-0.05, 0) is 24.2 Å². The minimum atomic E-state index is -1.78. The number of aromatic nitrogens is 4. The van der Waals surface area contributed by atoms with E-state index in [2.05, 4.69) is 45.1 Å². The summed E-state index contributed by atoms with van der Waals surface area (Å²) in [6, 6.07) is 6.17. The second-order valence-corrected chi connectivity index (χ2v) is 7.89. The van der Waals surface area contributed by atoms with Gasteiger partial charge in [-0.1, -0.05) is 13.8 Å². The van der Waals surface area contributed by atoms with Crippen molar-refractivity contribution in [1.82, 2.24) is 18.9 Å². The highest BCUT2D eigenvalue weighted by Gasteiger charge is 2.36. The highest BCUT2D eigenvalue weighted by molar-refractivity contribution is 6.76. The number of nitrogens with zero attached hydrogens (tertiary/aromatic N) is 4. The van der Waals surface area contributed by atoms with Crippen LogP contribution in [-0.4, -0.2) is 27.3 Å². The zero-order chi connectivity index (χ0) is 10.7. The molecular formula is C10H16N4Si. The van der Waals surface area contributed by atoms with Gasteiger partial charge in [0.1, 0.15) is 0 Å². The Morgan fingerprint density at radius 3 is 1.67 bits per heavy atom. The Balaban J connectivity index is 2.50. The largest absolute Gasteiger partial charge is 0.308 e. The van der Waals surface area contributed by atoms with E-state index in [0.717, 1.165) is 12.1 Å². The summed E-state index contributed by atoms with van der Waals surface area (Å²) < 4.78 is 4.25. The molecule has 4 nitrogen and oxygen atoms in total. The van der Waals surface area contributed by atoms with E-state index < -0.39 is 8.40 Å². The van der Waals surface area contributed by atoms with Crippen LogP contribution in [0.1, 0.15) is 13.8 Å². The summed E-state index contributed by atoms with van der Waals surface area (Å²) in [4.78, 5) is 0. The van der Waals surface area contributed by atoms with E-state index in [-0.39, 0.29) is 0 Å². The first-order valence-corrected chi connectivity index (χ1v) is 7.64. The van der Waals surface area contributed by atoms with Crippen LogP contribution < -0.4 is 0 Å². The van der Waals surface area contributed by atoms with Crippen molar-refractivity contribution >= 4 is 8.40 Å². The van der Waals surface area contributed by atoms with Gasteiger partial charge in [0, 0.05) is 24.8 Å². The molecule has 0 aliphatic rings. The lowest BCUT2D eigenvalue weighted by Gasteiger charge is -2.29. The van der Waals surface area contributed by atoms with E-state index in [0.29, 0.717) is 0 Å². The molecule has 0 aliphatic carbocycles. The molecule has 0 aliphatic heterocycles. The molecule has 0 bridgehead atoms. The van der Waals surface area contributed by atoms with Crippen molar-refractivity contribution in [2.24, 2.45) is 0 Å². The normalized spacial score (nSPS) is 11.9. The van der Waals surface area contributed by atoms with Gasteiger partial charge < -0.3 is 0 Å². The van der Waals surface area contributed by atoms with Crippen molar-refractivity contribution in [3.8, 4) is 0 Å². The minimum absolute atomic E-state index is 1.10. The van der Waals surface area contributed by atoms with E-state index in [4.69, 9.17) is 0 Å². The molecule has 0 N–H and O–H groups in total. The lowest BCUT2D eigenvalue weighted by atomic mass is 10.8. The number of rotatable bonds is 4. The van der Waals surface area contributed by atoms with Crippen molar-refractivity contribution in [2.75, 3.05) is 0 Å². The maximum absolute atomic E-state index is 4.40. The van der Waals surface area contributed by atoms with Crippen LogP contribution in [0.5, 0.6) is 0 Å². The van der Waals surface area contributed by atoms with Gasteiger partial charge in [0.2, 0.25) is 0 Å². The first-order chi connectivity index (χ1) is 7.33. The minimum Gasteiger partial charge on any atom is -0.277 e. The zero-order valence-corrected chi connectivity index (χ0v) is 10.2. The molecule has 0 spiro atoms. The first kappa shape index (κ1) is 10.2. The Labute approximate surface area is 90.7 Å². The highest BCUT2D eigenvalue weighted by Crippen LogP contribution is 2.18. The molecule has 2 aromatic heterocycles. The first-order valence-electron chi connectivity index (χ1n) is 5.33. The molecule has 15 heavy (non-hydrogen) atoms. The molecule has 0 saturated carbocycles. The molecule has 80 valence electrons. The lowest BCUT2D eigenvalue weighted by Crippen LogP contribution is -2.50. The summed E-state index contributed by atoms with van der Waals surface area (Å²) in [5.74, 6) is 0. The summed E-state index contributed by atoms with van der Waals surface area (Å²) in [5, 5.41) is 8.81. The lowest BCUT2D eigenvalue weighted by molar-refractivity contribution is 0.786. The number of hydrogen-bond acceptors (Lipinski definition) is 2. The topological polar surface area (TPSA) is 35.6 Å². The molecule has 0 saturated heterocycles. The quantitative estimate of drug-likeness (QED) is 0.738. The maximum Gasteiger partial charge on any atom is 0.308 e. The average molecular weight is 220 g/mol. The smallest absolute Gasteiger partial charge is 0.277 e. The van der Waals surface area contributed by atoms with Crippen LogP contribution in [0.2, 0.25) is 12.1 Å². The van der Waals surface area contributed by atoms with E-state index in [1.165, 1.54) is 0 Å².